The van der Waals surface area contributed by atoms with E-state index >= 15 is 0 Å². The molecule has 2 aliphatic rings. The van der Waals surface area contributed by atoms with Crippen LogP contribution in [0.4, 0.5) is 13.2 Å². The van der Waals surface area contributed by atoms with Gasteiger partial charge in [-0.05, 0) is 26.2 Å². The van der Waals surface area contributed by atoms with Crippen molar-refractivity contribution in [1.82, 2.24) is 9.80 Å². The van der Waals surface area contributed by atoms with Gasteiger partial charge in [0, 0.05) is 38.3 Å². The van der Waals surface area contributed by atoms with Crippen LogP contribution in [0.5, 0.6) is 0 Å². The van der Waals surface area contributed by atoms with Gasteiger partial charge in [0.2, 0.25) is 0 Å². The van der Waals surface area contributed by atoms with Crippen molar-refractivity contribution in [2.75, 3.05) is 45.9 Å². The van der Waals surface area contributed by atoms with Gasteiger partial charge >= 0.3 is 6.18 Å². The van der Waals surface area contributed by atoms with Crippen molar-refractivity contribution in [3.63, 3.8) is 0 Å². The first-order chi connectivity index (χ1) is 8.76. The van der Waals surface area contributed by atoms with Crippen LogP contribution >= 0.6 is 0 Å². The van der Waals surface area contributed by atoms with Crippen LogP contribution in [0.3, 0.4) is 0 Å². The fraction of sp³-hybridized carbons (Fsp3) is 1.00. The molecule has 6 heteroatoms. The van der Waals surface area contributed by atoms with Crippen LogP contribution in [0.2, 0.25) is 0 Å². The molecule has 2 saturated heterocycles. The summed E-state index contributed by atoms with van der Waals surface area (Å²) in [6, 6.07) is 0. The summed E-state index contributed by atoms with van der Waals surface area (Å²) in [5.41, 5.74) is -0.202. The van der Waals surface area contributed by atoms with Crippen molar-refractivity contribution in [1.29, 1.82) is 0 Å². The molecule has 0 N–H and O–H groups in total. The van der Waals surface area contributed by atoms with Crippen molar-refractivity contribution in [2.45, 2.75) is 32.0 Å². The molecular formula is C13H23F3N2O. The largest absolute Gasteiger partial charge is 0.401 e. The first kappa shape index (κ1) is 15.1. The summed E-state index contributed by atoms with van der Waals surface area (Å²) in [4.78, 5) is 3.83. The van der Waals surface area contributed by atoms with E-state index in [0.29, 0.717) is 25.6 Å². The minimum absolute atomic E-state index is 0.202. The zero-order chi connectivity index (χ0) is 14.1. The predicted molar refractivity (Wildman–Crippen MR) is 67.1 cm³/mol. The van der Waals surface area contributed by atoms with E-state index in [0.717, 1.165) is 26.2 Å². The molecule has 2 aliphatic heterocycles. The molecule has 3 nitrogen and oxygen atoms in total. The van der Waals surface area contributed by atoms with Crippen LogP contribution in [-0.4, -0.2) is 67.5 Å². The molecule has 1 atom stereocenters. The Balaban J connectivity index is 1.88. The van der Waals surface area contributed by atoms with E-state index in [4.69, 9.17) is 4.74 Å². The Hall–Kier alpha value is -0.330. The number of hydrogen-bond donors (Lipinski definition) is 0. The second-order valence-electron chi connectivity index (χ2n) is 6.31. The normalized spacial score (nSPS) is 29.8. The number of piperazine rings is 1. The topological polar surface area (TPSA) is 15.7 Å². The van der Waals surface area contributed by atoms with Crippen LogP contribution in [0.15, 0.2) is 0 Å². The van der Waals surface area contributed by atoms with E-state index in [1.54, 1.807) is 0 Å². The van der Waals surface area contributed by atoms with Gasteiger partial charge in [-0.3, -0.25) is 9.80 Å². The molecule has 0 aliphatic carbocycles. The van der Waals surface area contributed by atoms with E-state index in [2.05, 4.69) is 4.90 Å². The Kier molecular flexibility index (Phi) is 4.42. The van der Waals surface area contributed by atoms with Gasteiger partial charge in [0.1, 0.15) is 0 Å². The molecular weight excluding hydrogens is 257 g/mol. The molecule has 0 unspecified atom stereocenters. The van der Waals surface area contributed by atoms with Crippen molar-refractivity contribution in [3.05, 3.63) is 0 Å². The Bertz CT molecular complexity index is 301. The molecule has 19 heavy (non-hydrogen) atoms. The molecule has 112 valence electrons. The van der Waals surface area contributed by atoms with Crippen molar-refractivity contribution >= 4 is 0 Å². The third-order valence-electron chi connectivity index (χ3n) is 4.06. The zero-order valence-corrected chi connectivity index (χ0v) is 11.7. The highest BCUT2D eigenvalue weighted by Crippen LogP contribution is 2.26. The smallest absolute Gasteiger partial charge is 0.381 e. The Morgan fingerprint density at radius 1 is 1.26 bits per heavy atom. The molecule has 0 aromatic carbocycles. The minimum atomic E-state index is -4.10. The number of halogens is 3. The summed E-state index contributed by atoms with van der Waals surface area (Å²) in [5, 5.41) is 0. The standard InChI is InChI=1S/C13H23F3N2O/c1-12(2)9-17(10-13(14,15)16)4-5-18(12)7-11-3-6-19-8-11/h11H,3-10H2,1-2H3/t11-/m0/s1. The minimum Gasteiger partial charge on any atom is -0.381 e. The molecule has 0 aromatic heterocycles. The summed E-state index contributed by atoms with van der Waals surface area (Å²) in [7, 11) is 0. The highest BCUT2D eigenvalue weighted by Gasteiger charge is 2.39. The van der Waals surface area contributed by atoms with Gasteiger partial charge < -0.3 is 4.74 Å². The number of nitrogens with zero attached hydrogens (tertiary/aromatic N) is 2. The van der Waals surface area contributed by atoms with Crippen molar-refractivity contribution in [3.8, 4) is 0 Å². The third kappa shape index (κ3) is 4.33. The summed E-state index contributed by atoms with van der Waals surface area (Å²) in [5.74, 6) is 0.536. The van der Waals surface area contributed by atoms with E-state index < -0.39 is 12.7 Å². The maximum absolute atomic E-state index is 12.4. The van der Waals surface area contributed by atoms with Crippen molar-refractivity contribution < 1.29 is 17.9 Å². The van der Waals surface area contributed by atoms with E-state index in [1.807, 2.05) is 13.8 Å². The number of hydrogen-bond acceptors (Lipinski definition) is 3. The first-order valence-electron chi connectivity index (χ1n) is 6.88. The quantitative estimate of drug-likeness (QED) is 0.786. The number of ether oxygens (including phenoxy) is 1. The molecule has 0 saturated carbocycles. The lowest BCUT2D eigenvalue weighted by molar-refractivity contribution is -0.155. The SMILES string of the molecule is CC1(C)CN(CC(F)(F)F)CCN1C[C@@H]1CCOC1. The fourth-order valence-electron chi connectivity index (χ4n) is 3.06. The molecule has 2 fully saturated rings. The monoisotopic (exact) mass is 280 g/mol. The van der Waals surface area contributed by atoms with E-state index in [-0.39, 0.29) is 5.54 Å². The lowest BCUT2D eigenvalue weighted by atomic mass is 9.96. The fourth-order valence-corrected chi connectivity index (χ4v) is 3.06. The molecule has 2 rings (SSSR count). The summed E-state index contributed by atoms with van der Waals surface area (Å²) in [6.45, 7) is 7.49. The van der Waals surface area contributed by atoms with Crippen LogP contribution < -0.4 is 0 Å². The molecule has 0 spiro atoms. The maximum atomic E-state index is 12.4. The summed E-state index contributed by atoms with van der Waals surface area (Å²) >= 11 is 0. The summed E-state index contributed by atoms with van der Waals surface area (Å²) in [6.07, 6.45) is -3.03. The van der Waals surface area contributed by atoms with Gasteiger partial charge in [0.05, 0.1) is 13.2 Å². The molecule has 0 amide bonds. The second kappa shape index (κ2) is 5.58. The van der Waals surface area contributed by atoms with Gasteiger partial charge in [-0.2, -0.15) is 13.2 Å². The zero-order valence-electron chi connectivity index (χ0n) is 11.7. The first-order valence-corrected chi connectivity index (χ1v) is 6.88. The Morgan fingerprint density at radius 3 is 2.53 bits per heavy atom. The lowest BCUT2D eigenvalue weighted by Crippen LogP contribution is -2.61. The molecule has 0 radical (unpaired) electrons. The van der Waals surface area contributed by atoms with E-state index in [9.17, 15) is 13.2 Å². The highest BCUT2D eigenvalue weighted by atomic mass is 19.4. The summed E-state index contributed by atoms with van der Waals surface area (Å²) < 4.78 is 42.7. The van der Waals surface area contributed by atoms with Crippen LogP contribution in [0, 0.1) is 5.92 Å². The Morgan fingerprint density at radius 2 is 2.00 bits per heavy atom. The predicted octanol–water partition coefficient (Wildman–Crippen LogP) is 1.98. The number of rotatable bonds is 3. The third-order valence-corrected chi connectivity index (χ3v) is 4.06. The molecule has 0 aromatic rings. The highest BCUT2D eigenvalue weighted by molar-refractivity contribution is 4.91. The average molecular weight is 280 g/mol. The van der Waals surface area contributed by atoms with Crippen LogP contribution in [-0.2, 0) is 4.74 Å². The Labute approximate surface area is 112 Å². The molecule has 0 bridgehead atoms. The molecule has 2 heterocycles. The van der Waals surface area contributed by atoms with Gasteiger partial charge in [-0.15, -0.1) is 0 Å². The second-order valence-corrected chi connectivity index (χ2v) is 6.31. The van der Waals surface area contributed by atoms with Crippen LogP contribution in [0.25, 0.3) is 0 Å². The lowest BCUT2D eigenvalue weighted by Gasteiger charge is -2.48. The van der Waals surface area contributed by atoms with Gasteiger partial charge in [-0.25, -0.2) is 0 Å². The van der Waals surface area contributed by atoms with Crippen molar-refractivity contribution in [2.24, 2.45) is 5.92 Å². The van der Waals surface area contributed by atoms with E-state index in [1.165, 1.54) is 4.90 Å². The maximum Gasteiger partial charge on any atom is 0.401 e. The van der Waals surface area contributed by atoms with Gasteiger partial charge in [-0.1, -0.05) is 0 Å². The van der Waals surface area contributed by atoms with Crippen LogP contribution in [0.1, 0.15) is 20.3 Å². The van der Waals surface area contributed by atoms with Gasteiger partial charge in [0.15, 0.2) is 0 Å². The average Bonchev–Trinajstić information content (AvgIpc) is 2.71. The van der Waals surface area contributed by atoms with Gasteiger partial charge in [0.25, 0.3) is 0 Å². The number of alkyl halides is 3.